The number of halogens is 1. The highest BCUT2D eigenvalue weighted by atomic mass is 35.5. The molecular formula is C30H36ClN3O2. The SMILES string of the molecule is CCC[C@H](NC(=O)c1ccc2cc(-c3ccccc3Cl)ccc2c1)C(=O)NCC1(N(C)C)CCCC1. The number of carbonyl (C=O) groups is 2. The molecule has 190 valence electrons. The highest BCUT2D eigenvalue weighted by Crippen LogP contribution is 2.33. The summed E-state index contributed by atoms with van der Waals surface area (Å²) in [6, 6.07) is 18.9. The third-order valence-electron chi connectivity index (χ3n) is 7.56. The van der Waals surface area contributed by atoms with Crippen LogP contribution in [0.4, 0.5) is 0 Å². The molecule has 1 aliphatic rings. The summed E-state index contributed by atoms with van der Waals surface area (Å²) in [5, 5.41) is 8.81. The zero-order chi connectivity index (χ0) is 25.7. The Labute approximate surface area is 219 Å². The number of hydrogen-bond acceptors (Lipinski definition) is 3. The van der Waals surface area contributed by atoms with E-state index in [1.54, 1.807) is 0 Å². The van der Waals surface area contributed by atoms with E-state index in [1.807, 2.05) is 61.5 Å². The standard InChI is InChI=1S/C30H36ClN3O2/c1-4-9-27(29(36)32-20-30(34(2)3)16-7-8-17-30)33-28(35)24-15-13-21-18-23(14-12-22(21)19-24)25-10-5-6-11-26(25)31/h5-6,10-15,18-19,27H,4,7-9,16-17,20H2,1-3H3,(H,32,36)(H,33,35)/t27-/m0/s1. The zero-order valence-corrected chi connectivity index (χ0v) is 22.2. The van der Waals surface area contributed by atoms with Crippen LogP contribution in [0.25, 0.3) is 21.9 Å². The van der Waals surface area contributed by atoms with E-state index >= 15 is 0 Å². The highest BCUT2D eigenvalue weighted by Gasteiger charge is 2.36. The second-order valence-electron chi connectivity index (χ2n) is 10.1. The quantitative estimate of drug-likeness (QED) is 0.372. The molecule has 3 aromatic rings. The Hall–Kier alpha value is -2.89. The van der Waals surface area contributed by atoms with Gasteiger partial charge in [0.05, 0.1) is 0 Å². The van der Waals surface area contributed by atoms with Gasteiger partial charge in [-0.2, -0.15) is 0 Å². The monoisotopic (exact) mass is 505 g/mol. The van der Waals surface area contributed by atoms with Crippen molar-refractivity contribution in [3.05, 3.63) is 71.2 Å². The summed E-state index contributed by atoms with van der Waals surface area (Å²) < 4.78 is 0. The maximum Gasteiger partial charge on any atom is 0.251 e. The first kappa shape index (κ1) is 26.2. The predicted molar refractivity (Wildman–Crippen MR) is 148 cm³/mol. The van der Waals surface area contributed by atoms with Gasteiger partial charge in [-0.3, -0.25) is 9.59 Å². The summed E-state index contributed by atoms with van der Waals surface area (Å²) in [5.41, 5.74) is 2.56. The topological polar surface area (TPSA) is 61.4 Å². The summed E-state index contributed by atoms with van der Waals surface area (Å²) in [5.74, 6) is -0.340. The van der Waals surface area contributed by atoms with Crippen LogP contribution in [-0.2, 0) is 4.79 Å². The Kier molecular flexibility index (Phi) is 8.32. The Bertz CT molecular complexity index is 1230. The van der Waals surface area contributed by atoms with Crippen LogP contribution in [-0.4, -0.2) is 48.9 Å². The Morgan fingerprint density at radius 2 is 1.69 bits per heavy atom. The minimum atomic E-state index is -0.554. The van der Waals surface area contributed by atoms with Crippen molar-refractivity contribution in [1.29, 1.82) is 0 Å². The number of benzene rings is 3. The number of likely N-dealkylation sites (N-methyl/N-ethyl adjacent to an activating group) is 1. The van der Waals surface area contributed by atoms with Crippen molar-refractivity contribution in [3.63, 3.8) is 0 Å². The van der Waals surface area contributed by atoms with E-state index in [4.69, 9.17) is 11.6 Å². The van der Waals surface area contributed by atoms with Crippen molar-refractivity contribution >= 4 is 34.2 Å². The Morgan fingerprint density at radius 1 is 1.00 bits per heavy atom. The largest absolute Gasteiger partial charge is 0.352 e. The van der Waals surface area contributed by atoms with Crippen LogP contribution in [0, 0.1) is 0 Å². The van der Waals surface area contributed by atoms with E-state index < -0.39 is 6.04 Å². The fraction of sp³-hybridized carbons (Fsp3) is 0.400. The average Bonchev–Trinajstić information content (AvgIpc) is 3.37. The molecule has 6 heteroatoms. The predicted octanol–water partition coefficient (Wildman–Crippen LogP) is 6.05. The summed E-state index contributed by atoms with van der Waals surface area (Å²) in [4.78, 5) is 28.4. The number of nitrogens with one attached hydrogen (secondary N) is 2. The molecule has 0 aliphatic heterocycles. The molecule has 0 radical (unpaired) electrons. The average molecular weight is 506 g/mol. The molecule has 3 aromatic carbocycles. The van der Waals surface area contributed by atoms with E-state index in [-0.39, 0.29) is 17.4 Å². The van der Waals surface area contributed by atoms with Crippen molar-refractivity contribution in [2.45, 2.75) is 57.0 Å². The molecule has 5 nitrogen and oxygen atoms in total. The van der Waals surface area contributed by atoms with E-state index in [2.05, 4.69) is 35.7 Å². The van der Waals surface area contributed by atoms with Crippen LogP contribution in [0.1, 0.15) is 55.8 Å². The van der Waals surface area contributed by atoms with Gasteiger partial charge in [0, 0.05) is 28.2 Å². The molecule has 0 heterocycles. The van der Waals surface area contributed by atoms with E-state index in [0.29, 0.717) is 23.6 Å². The van der Waals surface area contributed by atoms with Gasteiger partial charge in [-0.1, -0.05) is 74.2 Å². The normalized spacial score (nSPS) is 15.7. The maximum absolute atomic E-state index is 13.1. The van der Waals surface area contributed by atoms with E-state index in [0.717, 1.165) is 41.2 Å². The van der Waals surface area contributed by atoms with Crippen LogP contribution in [0.15, 0.2) is 60.7 Å². The number of amides is 2. The van der Waals surface area contributed by atoms with E-state index in [9.17, 15) is 9.59 Å². The van der Waals surface area contributed by atoms with E-state index in [1.165, 1.54) is 12.8 Å². The number of hydrogen-bond donors (Lipinski definition) is 2. The molecule has 2 amide bonds. The smallest absolute Gasteiger partial charge is 0.251 e. The lowest BCUT2D eigenvalue weighted by Gasteiger charge is -2.37. The Balaban J connectivity index is 1.46. The molecule has 1 atom stereocenters. The second-order valence-corrected chi connectivity index (χ2v) is 10.5. The lowest BCUT2D eigenvalue weighted by molar-refractivity contribution is -0.123. The third kappa shape index (κ3) is 5.74. The molecule has 0 spiro atoms. The van der Waals surface area contributed by atoms with Crippen molar-refractivity contribution in [3.8, 4) is 11.1 Å². The minimum absolute atomic E-state index is 0.0115. The molecule has 0 saturated heterocycles. The highest BCUT2D eigenvalue weighted by molar-refractivity contribution is 6.33. The molecule has 0 aromatic heterocycles. The summed E-state index contributed by atoms with van der Waals surface area (Å²) >= 11 is 6.37. The van der Waals surface area contributed by atoms with Gasteiger partial charge < -0.3 is 15.5 Å². The zero-order valence-electron chi connectivity index (χ0n) is 21.4. The molecule has 1 saturated carbocycles. The molecule has 0 bridgehead atoms. The lowest BCUT2D eigenvalue weighted by atomic mass is 9.95. The molecular weight excluding hydrogens is 470 g/mol. The van der Waals surface area contributed by atoms with Gasteiger partial charge in [-0.25, -0.2) is 0 Å². The van der Waals surface area contributed by atoms with Gasteiger partial charge in [0.2, 0.25) is 5.91 Å². The Morgan fingerprint density at radius 3 is 2.39 bits per heavy atom. The molecule has 1 aliphatic carbocycles. The minimum Gasteiger partial charge on any atom is -0.352 e. The van der Waals surface area contributed by atoms with Crippen molar-refractivity contribution in [2.24, 2.45) is 0 Å². The summed E-state index contributed by atoms with van der Waals surface area (Å²) in [6.45, 7) is 2.63. The first-order chi connectivity index (χ1) is 17.3. The number of fused-ring (bicyclic) bond motifs is 1. The van der Waals surface area contributed by atoms with Crippen molar-refractivity contribution in [2.75, 3.05) is 20.6 Å². The van der Waals surface area contributed by atoms with Gasteiger partial charge in [-0.15, -0.1) is 0 Å². The fourth-order valence-electron chi connectivity index (χ4n) is 5.24. The first-order valence-electron chi connectivity index (χ1n) is 12.9. The van der Waals surface area contributed by atoms with Crippen LogP contribution in [0.2, 0.25) is 5.02 Å². The number of rotatable bonds is 9. The van der Waals surface area contributed by atoms with Crippen LogP contribution < -0.4 is 10.6 Å². The van der Waals surface area contributed by atoms with Crippen molar-refractivity contribution in [1.82, 2.24) is 15.5 Å². The fourth-order valence-corrected chi connectivity index (χ4v) is 5.48. The molecule has 4 rings (SSSR count). The van der Waals surface area contributed by atoms with Gasteiger partial charge in [0.25, 0.3) is 5.91 Å². The van der Waals surface area contributed by atoms with Gasteiger partial charge in [0.15, 0.2) is 0 Å². The third-order valence-corrected chi connectivity index (χ3v) is 7.89. The first-order valence-corrected chi connectivity index (χ1v) is 13.3. The second kappa shape index (κ2) is 11.4. The molecule has 2 N–H and O–H groups in total. The van der Waals surface area contributed by atoms with Crippen molar-refractivity contribution < 1.29 is 9.59 Å². The molecule has 1 fully saturated rings. The van der Waals surface area contributed by atoms with Gasteiger partial charge >= 0.3 is 0 Å². The number of nitrogens with zero attached hydrogens (tertiary/aromatic N) is 1. The van der Waals surface area contributed by atoms with Crippen LogP contribution >= 0.6 is 11.6 Å². The van der Waals surface area contributed by atoms with Crippen LogP contribution in [0.3, 0.4) is 0 Å². The molecule has 0 unspecified atom stereocenters. The summed E-state index contributed by atoms with van der Waals surface area (Å²) in [7, 11) is 4.17. The maximum atomic E-state index is 13.1. The lowest BCUT2D eigenvalue weighted by Crippen LogP contribution is -2.54. The number of carbonyl (C=O) groups excluding carboxylic acids is 2. The van der Waals surface area contributed by atoms with Gasteiger partial charge in [-0.05, 0) is 74.0 Å². The molecule has 36 heavy (non-hydrogen) atoms. The van der Waals surface area contributed by atoms with Crippen LogP contribution in [0.5, 0.6) is 0 Å². The summed E-state index contributed by atoms with van der Waals surface area (Å²) in [6.07, 6.45) is 5.94. The van der Waals surface area contributed by atoms with Gasteiger partial charge in [0.1, 0.15) is 6.04 Å².